The van der Waals surface area contributed by atoms with Crippen LogP contribution in [-0.4, -0.2) is 19.6 Å². The molecule has 132 valence electrons. The van der Waals surface area contributed by atoms with Gasteiger partial charge in [0.05, 0.1) is 16.6 Å². The van der Waals surface area contributed by atoms with Crippen molar-refractivity contribution in [1.82, 2.24) is 14.5 Å². The summed E-state index contributed by atoms with van der Waals surface area (Å²) in [5, 5.41) is 10.3. The summed E-state index contributed by atoms with van der Waals surface area (Å²) >= 11 is 0. The fourth-order valence-corrected chi connectivity index (χ4v) is 2.89. The average Bonchev–Trinajstić information content (AvgIpc) is 2.68. The van der Waals surface area contributed by atoms with Crippen LogP contribution >= 0.6 is 0 Å². The Morgan fingerprint density at radius 1 is 1.04 bits per heavy atom. The number of phenols is 1. The Morgan fingerprint density at radius 3 is 2.63 bits per heavy atom. The molecule has 0 radical (unpaired) electrons. The number of rotatable bonds is 3. The molecule has 2 aromatic carbocycles. The van der Waals surface area contributed by atoms with E-state index in [1.165, 1.54) is 22.4 Å². The molecule has 0 unspecified atom stereocenters. The van der Waals surface area contributed by atoms with Crippen LogP contribution in [0.2, 0.25) is 0 Å². The van der Waals surface area contributed by atoms with Crippen LogP contribution in [0.15, 0.2) is 71.8 Å². The molecule has 2 aromatic heterocycles. The van der Waals surface area contributed by atoms with Gasteiger partial charge in [0.15, 0.2) is 0 Å². The van der Waals surface area contributed by atoms with Crippen molar-refractivity contribution in [3.8, 4) is 11.4 Å². The number of hydrogen-bond donors (Lipinski definition) is 1. The van der Waals surface area contributed by atoms with Gasteiger partial charge in [-0.1, -0.05) is 42.0 Å². The van der Waals surface area contributed by atoms with Gasteiger partial charge >= 0.3 is 0 Å². The maximum atomic E-state index is 13.1. The van der Waals surface area contributed by atoms with Crippen molar-refractivity contribution in [1.29, 1.82) is 0 Å². The zero-order valence-electron chi connectivity index (χ0n) is 14.7. The molecule has 0 aliphatic carbocycles. The molecule has 0 saturated heterocycles. The first kappa shape index (κ1) is 16.7. The lowest BCUT2D eigenvalue weighted by molar-refractivity contribution is 0.475. The van der Waals surface area contributed by atoms with Gasteiger partial charge in [-0.25, -0.2) is 4.98 Å². The largest absolute Gasteiger partial charge is 0.508 e. The number of aromatic hydroxyl groups is 1. The standard InChI is InChI=1S/C22H17N3O2/c1-15-5-7-16(8-6-15)9-10-21-24-20-11-12-23-14-19(20)22(27)25(21)17-3-2-4-18(26)13-17/h2-14,26H,1H3/b10-9+. The Balaban J connectivity index is 1.93. The summed E-state index contributed by atoms with van der Waals surface area (Å²) in [7, 11) is 0. The number of phenolic OH excluding ortho intramolecular Hbond substituents is 1. The first-order valence-electron chi connectivity index (χ1n) is 8.53. The molecule has 0 aliphatic rings. The molecular weight excluding hydrogens is 338 g/mol. The summed E-state index contributed by atoms with van der Waals surface area (Å²) in [6.45, 7) is 2.03. The molecule has 0 atom stereocenters. The van der Waals surface area contributed by atoms with Gasteiger partial charge in [-0.05, 0) is 36.8 Å². The minimum Gasteiger partial charge on any atom is -0.508 e. The van der Waals surface area contributed by atoms with Crippen LogP contribution in [0.4, 0.5) is 0 Å². The van der Waals surface area contributed by atoms with Gasteiger partial charge in [0.25, 0.3) is 5.56 Å². The third-order valence-corrected chi connectivity index (χ3v) is 4.29. The van der Waals surface area contributed by atoms with Gasteiger partial charge in [0.1, 0.15) is 11.6 Å². The van der Waals surface area contributed by atoms with Crippen molar-refractivity contribution in [3.05, 3.63) is 94.3 Å². The normalized spacial score (nSPS) is 11.3. The summed E-state index contributed by atoms with van der Waals surface area (Å²) in [5.74, 6) is 0.559. The SMILES string of the molecule is Cc1ccc(/C=C/c2nc3ccncc3c(=O)n2-c2cccc(O)c2)cc1. The summed E-state index contributed by atoms with van der Waals surface area (Å²) < 4.78 is 1.48. The highest BCUT2D eigenvalue weighted by Crippen LogP contribution is 2.18. The number of hydrogen-bond acceptors (Lipinski definition) is 4. The van der Waals surface area contributed by atoms with E-state index in [0.29, 0.717) is 22.4 Å². The minimum atomic E-state index is -0.234. The van der Waals surface area contributed by atoms with Gasteiger partial charge in [0, 0.05) is 18.5 Å². The lowest BCUT2D eigenvalue weighted by atomic mass is 10.1. The molecular formula is C22H17N3O2. The topological polar surface area (TPSA) is 68.0 Å². The Bertz CT molecular complexity index is 1210. The maximum absolute atomic E-state index is 13.1. The second-order valence-corrected chi connectivity index (χ2v) is 6.27. The van der Waals surface area contributed by atoms with E-state index in [2.05, 4.69) is 9.97 Å². The molecule has 0 amide bonds. The van der Waals surface area contributed by atoms with E-state index in [4.69, 9.17) is 0 Å². The first-order chi connectivity index (χ1) is 13.1. The molecule has 0 fully saturated rings. The first-order valence-corrected chi connectivity index (χ1v) is 8.53. The quantitative estimate of drug-likeness (QED) is 0.604. The Kier molecular flexibility index (Phi) is 4.26. The van der Waals surface area contributed by atoms with Crippen LogP contribution in [0.5, 0.6) is 5.75 Å². The van der Waals surface area contributed by atoms with Crippen LogP contribution in [0.3, 0.4) is 0 Å². The number of benzene rings is 2. The lowest BCUT2D eigenvalue weighted by Crippen LogP contribution is -2.22. The van der Waals surface area contributed by atoms with Crippen LogP contribution in [0, 0.1) is 6.92 Å². The van der Waals surface area contributed by atoms with Gasteiger partial charge in [-0.2, -0.15) is 0 Å². The van der Waals surface area contributed by atoms with E-state index in [1.54, 1.807) is 36.5 Å². The highest BCUT2D eigenvalue weighted by atomic mass is 16.3. The second-order valence-electron chi connectivity index (χ2n) is 6.27. The van der Waals surface area contributed by atoms with Crippen molar-refractivity contribution in [2.24, 2.45) is 0 Å². The molecule has 27 heavy (non-hydrogen) atoms. The molecule has 4 rings (SSSR count). The molecule has 1 N–H and O–H groups in total. The Labute approximate surface area is 155 Å². The van der Waals surface area contributed by atoms with Crippen LogP contribution in [0.25, 0.3) is 28.7 Å². The summed E-state index contributed by atoms with van der Waals surface area (Å²) in [5.41, 5.74) is 3.08. The highest BCUT2D eigenvalue weighted by molar-refractivity contribution is 5.79. The molecule has 4 aromatic rings. The Morgan fingerprint density at radius 2 is 1.85 bits per heavy atom. The zero-order valence-corrected chi connectivity index (χ0v) is 14.7. The summed E-state index contributed by atoms with van der Waals surface area (Å²) in [6.07, 6.45) is 6.84. The van der Waals surface area contributed by atoms with E-state index in [1.807, 2.05) is 37.3 Å². The number of nitrogens with zero attached hydrogens (tertiary/aromatic N) is 3. The van der Waals surface area contributed by atoms with Gasteiger partial charge in [-0.15, -0.1) is 0 Å². The number of fused-ring (bicyclic) bond motifs is 1. The van der Waals surface area contributed by atoms with Crippen molar-refractivity contribution >= 4 is 23.1 Å². The van der Waals surface area contributed by atoms with Crippen molar-refractivity contribution < 1.29 is 5.11 Å². The highest BCUT2D eigenvalue weighted by Gasteiger charge is 2.11. The monoisotopic (exact) mass is 355 g/mol. The molecule has 0 bridgehead atoms. The number of aryl methyl sites for hydroxylation is 1. The van der Waals surface area contributed by atoms with Crippen molar-refractivity contribution in [3.63, 3.8) is 0 Å². The lowest BCUT2D eigenvalue weighted by Gasteiger charge is -2.11. The summed E-state index contributed by atoms with van der Waals surface area (Å²) in [6, 6.07) is 16.3. The fraction of sp³-hybridized carbons (Fsp3) is 0.0455. The van der Waals surface area contributed by atoms with Crippen molar-refractivity contribution in [2.75, 3.05) is 0 Å². The predicted octanol–water partition coefficient (Wildman–Crippen LogP) is 3.97. The van der Waals surface area contributed by atoms with Gasteiger partial charge < -0.3 is 5.11 Å². The van der Waals surface area contributed by atoms with Crippen LogP contribution < -0.4 is 5.56 Å². The molecule has 0 spiro atoms. The molecule has 0 saturated carbocycles. The van der Waals surface area contributed by atoms with E-state index >= 15 is 0 Å². The average molecular weight is 355 g/mol. The molecule has 0 aliphatic heterocycles. The molecule has 5 heteroatoms. The summed E-state index contributed by atoms with van der Waals surface area (Å²) in [4.78, 5) is 21.8. The Hall–Kier alpha value is -3.73. The maximum Gasteiger partial charge on any atom is 0.267 e. The molecule has 2 heterocycles. The number of aromatic nitrogens is 3. The van der Waals surface area contributed by atoms with E-state index in [0.717, 1.165) is 5.56 Å². The van der Waals surface area contributed by atoms with E-state index in [9.17, 15) is 9.90 Å². The third-order valence-electron chi connectivity index (χ3n) is 4.29. The predicted molar refractivity (Wildman–Crippen MR) is 107 cm³/mol. The van der Waals surface area contributed by atoms with Gasteiger partial charge in [0.2, 0.25) is 0 Å². The molecule has 5 nitrogen and oxygen atoms in total. The fourth-order valence-electron chi connectivity index (χ4n) is 2.89. The zero-order chi connectivity index (χ0) is 18.8. The van der Waals surface area contributed by atoms with Crippen LogP contribution in [0.1, 0.15) is 17.0 Å². The van der Waals surface area contributed by atoms with E-state index in [-0.39, 0.29) is 11.3 Å². The minimum absolute atomic E-state index is 0.0825. The number of pyridine rings is 1. The van der Waals surface area contributed by atoms with Crippen molar-refractivity contribution in [2.45, 2.75) is 6.92 Å². The van der Waals surface area contributed by atoms with Gasteiger partial charge in [-0.3, -0.25) is 14.3 Å². The van der Waals surface area contributed by atoms with Crippen LogP contribution in [-0.2, 0) is 0 Å². The van der Waals surface area contributed by atoms with E-state index < -0.39 is 0 Å². The smallest absolute Gasteiger partial charge is 0.267 e. The second kappa shape index (κ2) is 6.88. The third kappa shape index (κ3) is 3.35.